The van der Waals surface area contributed by atoms with E-state index in [1.165, 1.54) is 55.3 Å². The van der Waals surface area contributed by atoms with Crippen LogP contribution in [0.5, 0.6) is 0 Å². The van der Waals surface area contributed by atoms with Crippen molar-refractivity contribution in [2.24, 2.45) is 5.92 Å². The second-order valence-electron chi connectivity index (χ2n) is 12.2. The highest BCUT2D eigenvalue weighted by Gasteiger charge is 2.26. The van der Waals surface area contributed by atoms with Crippen LogP contribution in [0.15, 0.2) is 145 Å². The van der Waals surface area contributed by atoms with Crippen molar-refractivity contribution in [1.29, 1.82) is 0 Å². The van der Waals surface area contributed by atoms with Crippen LogP contribution in [0.25, 0.3) is 21.5 Å². The van der Waals surface area contributed by atoms with Crippen molar-refractivity contribution in [2.45, 2.75) is 34.1 Å². The lowest BCUT2D eigenvalue weighted by molar-refractivity contribution is 0.728. The largest absolute Gasteiger partial charge is 0.310 e. The van der Waals surface area contributed by atoms with E-state index in [-0.39, 0.29) is 0 Å². The van der Waals surface area contributed by atoms with Crippen LogP contribution in [0.2, 0.25) is 0 Å². The van der Waals surface area contributed by atoms with Crippen LogP contribution >= 0.6 is 0 Å². The summed E-state index contributed by atoms with van der Waals surface area (Å²) in [6, 6.07) is 44.6. The number of nitrogens with zero attached hydrogens (tertiary/aromatic N) is 2. The number of anilines is 5. The lowest BCUT2D eigenvalue weighted by Crippen LogP contribution is -2.19. The summed E-state index contributed by atoms with van der Waals surface area (Å²) in [6.45, 7) is 8.73. The summed E-state index contributed by atoms with van der Waals surface area (Å²) in [4.78, 5) is 4.91. The smallest absolute Gasteiger partial charge is 0.0619 e. The van der Waals surface area contributed by atoms with E-state index in [0.29, 0.717) is 5.92 Å². The number of allylic oxidation sites excluding steroid dienone is 3. The molecule has 1 atom stereocenters. The van der Waals surface area contributed by atoms with E-state index in [2.05, 4.69) is 177 Å². The molecule has 0 N–H and O–H groups in total. The highest BCUT2D eigenvalue weighted by molar-refractivity contribution is 6.22. The van der Waals surface area contributed by atoms with E-state index in [1.807, 2.05) is 0 Å². The molecule has 0 amide bonds. The third-order valence-electron chi connectivity index (χ3n) is 8.75. The van der Waals surface area contributed by atoms with Crippen molar-refractivity contribution in [2.75, 3.05) is 9.80 Å². The topological polar surface area (TPSA) is 6.48 Å². The van der Waals surface area contributed by atoms with Crippen LogP contribution in [-0.2, 0) is 0 Å². The zero-order chi connectivity index (χ0) is 30.2. The fourth-order valence-corrected chi connectivity index (χ4v) is 6.34. The van der Waals surface area contributed by atoms with Gasteiger partial charge in [-0.05, 0) is 75.6 Å². The number of benzene rings is 6. The lowest BCUT2D eigenvalue weighted by atomic mass is 9.94. The van der Waals surface area contributed by atoms with Crippen molar-refractivity contribution in [3.05, 3.63) is 162 Å². The van der Waals surface area contributed by atoms with Gasteiger partial charge < -0.3 is 9.80 Å². The molecule has 7 rings (SSSR count). The van der Waals surface area contributed by atoms with Gasteiger partial charge in [0.1, 0.15) is 0 Å². The molecule has 2 nitrogen and oxygen atoms in total. The molecule has 6 aromatic rings. The molecule has 0 saturated heterocycles. The Kier molecular flexibility index (Phi) is 7.28. The second kappa shape index (κ2) is 11.5. The zero-order valence-electron chi connectivity index (χ0n) is 26.0. The molecule has 0 heterocycles. The molecule has 0 fully saturated rings. The van der Waals surface area contributed by atoms with Gasteiger partial charge in [-0.3, -0.25) is 0 Å². The summed E-state index contributed by atoms with van der Waals surface area (Å²) in [7, 11) is 0. The predicted octanol–water partition coefficient (Wildman–Crippen LogP) is 12.0. The molecular formula is C42H38N2. The Labute approximate surface area is 261 Å². The van der Waals surface area contributed by atoms with Gasteiger partial charge in [0.05, 0.1) is 11.4 Å². The van der Waals surface area contributed by atoms with Crippen molar-refractivity contribution < 1.29 is 0 Å². The molecule has 0 spiro atoms. The molecule has 1 aliphatic carbocycles. The van der Waals surface area contributed by atoms with Crippen LogP contribution in [0.1, 0.15) is 30.0 Å². The van der Waals surface area contributed by atoms with Gasteiger partial charge in [-0.25, -0.2) is 0 Å². The van der Waals surface area contributed by atoms with E-state index in [4.69, 9.17) is 0 Å². The van der Waals surface area contributed by atoms with Crippen LogP contribution < -0.4 is 9.80 Å². The second-order valence-corrected chi connectivity index (χ2v) is 12.2. The van der Waals surface area contributed by atoms with Crippen LogP contribution in [-0.4, -0.2) is 0 Å². The predicted molar refractivity (Wildman–Crippen MR) is 190 cm³/mol. The number of hydrogen-bond acceptors (Lipinski definition) is 2. The summed E-state index contributed by atoms with van der Waals surface area (Å²) in [5.74, 6) is 0.534. The number of hydrogen-bond donors (Lipinski definition) is 0. The Morgan fingerprint density at radius 1 is 0.477 bits per heavy atom. The maximum Gasteiger partial charge on any atom is 0.0619 e. The molecule has 1 unspecified atom stereocenters. The molecule has 0 aromatic heterocycles. The number of aryl methyl sites for hydroxylation is 3. The highest BCUT2D eigenvalue weighted by atomic mass is 15.2. The first-order valence-electron chi connectivity index (χ1n) is 15.6. The van der Waals surface area contributed by atoms with Gasteiger partial charge in [-0.1, -0.05) is 121 Å². The molecule has 0 aliphatic heterocycles. The van der Waals surface area contributed by atoms with Crippen LogP contribution in [0.3, 0.4) is 0 Å². The normalized spacial score (nSPS) is 14.5. The highest BCUT2D eigenvalue weighted by Crippen LogP contribution is 2.50. The Hall–Kier alpha value is -5.08. The Balaban J connectivity index is 1.58. The molecule has 44 heavy (non-hydrogen) atoms. The summed E-state index contributed by atoms with van der Waals surface area (Å²) >= 11 is 0. The van der Waals surface area contributed by atoms with Gasteiger partial charge in [0.25, 0.3) is 0 Å². The summed E-state index contributed by atoms with van der Waals surface area (Å²) in [5, 5.41) is 4.87. The molecular weight excluding hydrogens is 532 g/mol. The van der Waals surface area contributed by atoms with Crippen LogP contribution in [0.4, 0.5) is 28.4 Å². The Bertz CT molecular complexity index is 1910. The first-order chi connectivity index (χ1) is 21.5. The number of rotatable bonds is 6. The van der Waals surface area contributed by atoms with Crippen LogP contribution in [0, 0.1) is 26.7 Å². The molecule has 216 valence electrons. The van der Waals surface area contributed by atoms with Gasteiger partial charge in [-0.15, -0.1) is 0 Å². The quantitative estimate of drug-likeness (QED) is 0.145. The van der Waals surface area contributed by atoms with Gasteiger partial charge in [-0.2, -0.15) is 0 Å². The van der Waals surface area contributed by atoms with Gasteiger partial charge in [0.15, 0.2) is 0 Å². The first kappa shape index (κ1) is 27.7. The van der Waals surface area contributed by atoms with Crippen molar-refractivity contribution in [1.82, 2.24) is 0 Å². The minimum atomic E-state index is 0.534. The van der Waals surface area contributed by atoms with Crippen molar-refractivity contribution in [3.8, 4) is 0 Å². The number of fused-ring (bicyclic) bond motifs is 2. The maximum atomic E-state index is 2.47. The van der Waals surface area contributed by atoms with Gasteiger partial charge >= 0.3 is 0 Å². The minimum Gasteiger partial charge on any atom is -0.310 e. The van der Waals surface area contributed by atoms with E-state index in [1.54, 1.807) is 0 Å². The molecule has 1 aliphatic rings. The molecule has 0 radical (unpaired) electrons. The maximum absolute atomic E-state index is 2.47. The van der Waals surface area contributed by atoms with E-state index in [0.717, 1.165) is 23.5 Å². The minimum absolute atomic E-state index is 0.534. The van der Waals surface area contributed by atoms with Crippen molar-refractivity contribution in [3.63, 3.8) is 0 Å². The fraction of sp³-hybridized carbons (Fsp3) is 0.143. The standard InChI is InChI=1S/C42H38N2/c1-29-13-21-33(22-14-29)43(34-23-15-30(2)16-24-34)41-37-9-5-7-11-39(37)42(40-12-8-6-10-38(40)41)44(35-25-17-31(3)18-26-35)36-27-19-32(4)20-28-36/h5-19,21-28,32H,20H2,1-4H3. The Morgan fingerprint density at radius 3 is 1.20 bits per heavy atom. The average Bonchev–Trinajstić information content (AvgIpc) is 3.05. The third kappa shape index (κ3) is 5.07. The first-order valence-corrected chi connectivity index (χ1v) is 15.6. The van der Waals surface area contributed by atoms with Gasteiger partial charge in [0, 0.05) is 44.3 Å². The van der Waals surface area contributed by atoms with Crippen molar-refractivity contribution >= 4 is 50.0 Å². The monoisotopic (exact) mass is 570 g/mol. The van der Waals surface area contributed by atoms with E-state index < -0.39 is 0 Å². The molecule has 6 aromatic carbocycles. The SMILES string of the molecule is Cc1ccc(N(C2=CCC(C)C=C2)c2c3ccccc3c(N(c3ccc(C)cc3)c3ccc(C)cc3)c3ccccc23)cc1. The molecule has 2 heteroatoms. The van der Waals surface area contributed by atoms with E-state index in [9.17, 15) is 0 Å². The van der Waals surface area contributed by atoms with E-state index >= 15 is 0 Å². The summed E-state index contributed by atoms with van der Waals surface area (Å²) in [6.07, 6.45) is 8.06. The Morgan fingerprint density at radius 2 is 0.841 bits per heavy atom. The molecule has 0 saturated carbocycles. The van der Waals surface area contributed by atoms with Gasteiger partial charge in [0.2, 0.25) is 0 Å². The zero-order valence-corrected chi connectivity index (χ0v) is 26.0. The fourth-order valence-electron chi connectivity index (χ4n) is 6.34. The summed E-state index contributed by atoms with van der Waals surface area (Å²) < 4.78 is 0. The molecule has 0 bridgehead atoms. The summed E-state index contributed by atoms with van der Waals surface area (Å²) in [5.41, 5.74) is 10.8. The average molecular weight is 571 g/mol. The lowest BCUT2D eigenvalue weighted by Gasteiger charge is -2.34. The third-order valence-corrected chi connectivity index (χ3v) is 8.75.